The van der Waals surface area contributed by atoms with Gasteiger partial charge >= 0.3 is 0 Å². The molecule has 0 N–H and O–H groups in total. The van der Waals surface area contributed by atoms with Gasteiger partial charge in [-0.1, -0.05) is 24.3 Å². The van der Waals surface area contributed by atoms with Crippen molar-refractivity contribution in [3.63, 3.8) is 0 Å². The molecule has 3 aliphatic carbocycles. The molecule has 0 heterocycles. The molecule has 0 aromatic rings. The molecular weight excluding hydrogens is 132 g/mol. The predicted octanol–water partition coefficient (Wildman–Crippen LogP) is 2.77. The molecule has 0 unspecified atom stereocenters. The zero-order chi connectivity index (χ0) is 7.26. The molecule has 1 saturated carbocycles. The third-order valence-corrected chi connectivity index (χ3v) is 3.73. The summed E-state index contributed by atoms with van der Waals surface area (Å²) in [5.41, 5.74) is 0. The van der Waals surface area contributed by atoms with Crippen LogP contribution < -0.4 is 0 Å². The molecule has 0 amide bonds. The van der Waals surface area contributed by atoms with E-state index in [1.54, 1.807) is 0 Å². The van der Waals surface area contributed by atoms with E-state index in [-0.39, 0.29) is 0 Å². The molecule has 0 saturated heterocycles. The van der Waals surface area contributed by atoms with Crippen LogP contribution in [0.3, 0.4) is 0 Å². The summed E-state index contributed by atoms with van der Waals surface area (Å²) in [7, 11) is 0. The monoisotopic (exact) mass is 146 g/mol. The lowest BCUT2D eigenvalue weighted by atomic mass is 9.92. The van der Waals surface area contributed by atoms with E-state index in [1.807, 2.05) is 0 Å². The summed E-state index contributed by atoms with van der Waals surface area (Å²) < 4.78 is 0. The number of allylic oxidation sites excluding steroid dienone is 4. The van der Waals surface area contributed by atoms with Crippen molar-refractivity contribution < 1.29 is 0 Å². The maximum Gasteiger partial charge on any atom is -0.0136 e. The van der Waals surface area contributed by atoms with E-state index >= 15 is 0 Å². The van der Waals surface area contributed by atoms with Gasteiger partial charge in [0.25, 0.3) is 0 Å². The normalized spacial score (nSPS) is 51.6. The van der Waals surface area contributed by atoms with Crippen molar-refractivity contribution in [1.82, 2.24) is 0 Å². The van der Waals surface area contributed by atoms with Crippen molar-refractivity contribution in [2.24, 2.45) is 23.7 Å². The first-order chi connectivity index (χ1) is 5.45. The van der Waals surface area contributed by atoms with Crippen LogP contribution in [-0.2, 0) is 0 Å². The molecule has 0 nitrogen and oxygen atoms in total. The van der Waals surface area contributed by atoms with Gasteiger partial charge in [-0.2, -0.15) is 0 Å². The second-order valence-electron chi connectivity index (χ2n) is 4.24. The van der Waals surface area contributed by atoms with Crippen LogP contribution in [0.25, 0.3) is 0 Å². The van der Waals surface area contributed by atoms with Crippen molar-refractivity contribution in [3.05, 3.63) is 24.3 Å². The Bertz CT molecular complexity index is 200. The van der Waals surface area contributed by atoms with Crippen molar-refractivity contribution in [3.8, 4) is 0 Å². The van der Waals surface area contributed by atoms with Gasteiger partial charge in [0, 0.05) is 0 Å². The van der Waals surface area contributed by atoms with E-state index in [4.69, 9.17) is 0 Å². The minimum absolute atomic E-state index is 0.929. The van der Waals surface area contributed by atoms with Crippen LogP contribution in [0, 0.1) is 23.7 Å². The zero-order valence-electron chi connectivity index (χ0n) is 6.74. The molecule has 0 bridgehead atoms. The molecule has 3 rings (SSSR count). The Morgan fingerprint density at radius 3 is 1.91 bits per heavy atom. The van der Waals surface area contributed by atoms with Crippen LogP contribution in [0.15, 0.2) is 24.3 Å². The second-order valence-corrected chi connectivity index (χ2v) is 4.24. The molecule has 0 heteroatoms. The quantitative estimate of drug-likeness (QED) is 0.461. The molecule has 0 aromatic carbocycles. The summed E-state index contributed by atoms with van der Waals surface area (Å²) in [4.78, 5) is 0. The first-order valence-corrected chi connectivity index (χ1v) is 4.78. The number of fused-ring (bicyclic) bond motifs is 3. The minimum atomic E-state index is 0.929. The van der Waals surface area contributed by atoms with E-state index in [0.29, 0.717) is 0 Å². The molecule has 4 atom stereocenters. The lowest BCUT2D eigenvalue weighted by Gasteiger charge is -2.12. The molecule has 0 aliphatic heterocycles. The summed E-state index contributed by atoms with van der Waals surface area (Å²) in [6.45, 7) is 0. The summed E-state index contributed by atoms with van der Waals surface area (Å²) in [5, 5.41) is 0. The highest BCUT2D eigenvalue weighted by atomic mass is 14.5. The summed E-state index contributed by atoms with van der Waals surface area (Å²) in [5.74, 6) is 3.90. The fourth-order valence-electron chi connectivity index (χ4n) is 3.23. The fourth-order valence-corrected chi connectivity index (χ4v) is 3.23. The lowest BCUT2D eigenvalue weighted by Crippen LogP contribution is -2.07. The minimum Gasteiger partial charge on any atom is -0.0879 e. The molecule has 1 fully saturated rings. The molecular formula is C11H14. The largest absolute Gasteiger partial charge is 0.0879 e. The van der Waals surface area contributed by atoms with E-state index in [2.05, 4.69) is 24.3 Å². The Hall–Kier alpha value is -0.520. The van der Waals surface area contributed by atoms with Gasteiger partial charge in [-0.25, -0.2) is 0 Å². The van der Waals surface area contributed by atoms with Crippen molar-refractivity contribution in [2.75, 3.05) is 0 Å². The molecule has 0 radical (unpaired) electrons. The van der Waals surface area contributed by atoms with E-state index in [0.717, 1.165) is 23.7 Å². The smallest absolute Gasteiger partial charge is 0.0136 e. The molecule has 0 aromatic heterocycles. The number of hydrogen-bond acceptors (Lipinski definition) is 0. The Morgan fingerprint density at radius 2 is 1.36 bits per heavy atom. The first-order valence-electron chi connectivity index (χ1n) is 4.78. The summed E-state index contributed by atoms with van der Waals surface area (Å²) >= 11 is 0. The third-order valence-electron chi connectivity index (χ3n) is 3.73. The van der Waals surface area contributed by atoms with Gasteiger partial charge in [0.05, 0.1) is 0 Å². The van der Waals surface area contributed by atoms with Crippen LogP contribution >= 0.6 is 0 Å². The van der Waals surface area contributed by atoms with Gasteiger partial charge in [-0.3, -0.25) is 0 Å². The van der Waals surface area contributed by atoms with Crippen LogP contribution in [0.5, 0.6) is 0 Å². The molecule has 3 aliphatic rings. The summed E-state index contributed by atoms with van der Waals surface area (Å²) in [6, 6.07) is 0. The topological polar surface area (TPSA) is 0 Å². The average Bonchev–Trinajstić information content (AvgIpc) is 2.52. The third kappa shape index (κ3) is 0.702. The molecule has 11 heavy (non-hydrogen) atoms. The maximum absolute atomic E-state index is 2.46. The first kappa shape index (κ1) is 6.05. The molecule has 0 spiro atoms. The Balaban J connectivity index is 1.94. The standard InChI is InChI=1S/C11H14/c1-3-8-7-9-4-2-6-11(9)10(8)5-1/h1-2,5-6,8-11H,3-4,7H2/t8-,9+,10-,11+. The van der Waals surface area contributed by atoms with Gasteiger partial charge in [0.15, 0.2) is 0 Å². The van der Waals surface area contributed by atoms with E-state index in [9.17, 15) is 0 Å². The SMILES string of the molecule is C1=C[C@@H]2[C@H](C1)C[C@@H]1CC=C[C@@H]12. The van der Waals surface area contributed by atoms with Crippen LogP contribution in [0.1, 0.15) is 19.3 Å². The van der Waals surface area contributed by atoms with Crippen LogP contribution in [0.2, 0.25) is 0 Å². The Morgan fingerprint density at radius 1 is 0.818 bits per heavy atom. The highest BCUT2D eigenvalue weighted by Crippen LogP contribution is 2.51. The Labute approximate surface area is 68.0 Å². The van der Waals surface area contributed by atoms with Crippen molar-refractivity contribution in [2.45, 2.75) is 19.3 Å². The van der Waals surface area contributed by atoms with Crippen molar-refractivity contribution in [1.29, 1.82) is 0 Å². The average molecular weight is 146 g/mol. The lowest BCUT2D eigenvalue weighted by molar-refractivity contribution is 0.442. The maximum atomic E-state index is 2.46. The van der Waals surface area contributed by atoms with Crippen LogP contribution in [0.4, 0.5) is 0 Å². The van der Waals surface area contributed by atoms with Gasteiger partial charge in [-0.15, -0.1) is 0 Å². The Kier molecular flexibility index (Phi) is 1.10. The van der Waals surface area contributed by atoms with E-state index in [1.165, 1.54) is 19.3 Å². The highest BCUT2D eigenvalue weighted by Gasteiger charge is 2.42. The zero-order valence-corrected chi connectivity index (χ0v) is 6.74. The van der Waals surface area contributed by atoms with E-state index < -0.39 is 0 Å². The van der Waals surface area contributed by atoms with Crippen LogP contribution in [-0.4, -0.2) is 0 Å². The van der Waals surface area contributed by atoms with Gasteiger partial charge in [0.2, 0.25) is 0 Å². The summed E-state index contributed by atoms with van der Waals surface area (Å²) in [6.07, 6.45) is 13.9. The van der Waals surface area contributed by atoms with Gasteiger partial charge < -0.3 is 0 Å². The van der Waals surface area contributed by atoms with Crippen molar-refractivity contribution >= 4 is 0 Å². The fraction of sp³-hybridized carbons (Fsp3) is 0.636. The highest BCUT2D eigenvalue weighted by molar-refractivity contribution is 5.17. The predicted molar refractivity (Wildman–Crippen MR) is 46.1 cm³/mol. The number of hydrogen-bond donors (Lipinski definition) is 0. The second kappa shape index (κ2) is 2.00. The molecule has 58 valence electrons. The number of rotatable bonds is 0. The van der Waals surface area contributed by atoms with Gasteiger partial charge in [0.1, 0.15) is 0 Å². The van der Waals surface area contributed by atoms with Gasteiger partial charge in [-0.05, 0) is 42.9 Å².